The molecule has 5 aromatic rings. The summed E-state index contributed by atoms with van der Waals surface area (Å²) in [5, 5.41) is 16.4. The molecule has 0 unspecified atom stereocenters. The van der Waals surface area contributed by atoms with Crippen molar-refractivity contribution in [3.05, 3.63) is 136 Å². The number of fused-ring (bicyclic) bond motifs is 4. The van der Waals surface area contributed by atoms with Gasteiger partial charge in [-0.25, -0.2) is 9.91 Å². The van der Waals surface area contributed by atoms with Crippen LogP contribution in [0.1, 0.15) is 43.2 Å². The molecule has 2 aliphatic rings. The number of imide groups is 1. The maximum atomic E-state index is 12.9. The lowest BCUT2D eigenvalue weighted by Gasteiger charge is -2.19. The fourth-order valence-corrected chi connectivity index (χ4v) is 5.29. The van der Waals surface area contributed by atoms with Crippen LogP contribution in [0.15, 0.2) is 102 Å². The first-order valence-electron chi connectivity index (χ1n) is 12.7. The molecule has 7 rings (SSSR count). The molecule has 0 saturated heterocycles. The van der Waals surface area contributed by atoms with Crippen molar-refractivity contribution in [1.29, 1.82) is 0 Å². The molecule has 0 saturated carbocycles. The lowest BCUT2D eigenvalue weighted by Crippen LogP contribution is -2.29. The van der Waals surface area contributed by atoms with E-state index in [0.29, 0.717) is 34.3 Å². The normalized spacial score (nSPS) is 14.0. The number of rotatable bonds is 4. The molecule has 4 aromatic carbocycles. The molecule has 0 atom stereocenters. The summed E-state index contributed by atoms with van der Waals surface area (Å²) >= 11 is 6.18. The van der Waals surface area contributed by atoms with Gasteiger partial charge in [0, 0.05) is 16.1 Å². The van der Waals surface area contributed by atoms with Crippen LogP contribution in [0.4, 0.5) is 11.6 Å². The summed E-state index contributed by atoms with van der Waals surface area (Å²) in [6.07, 6.45) is 0. The third kappa shape index (κ3) is 3.80. The van der Waals surface area contributed by atoms with E-state index < -0.39 is 0 Å². The van der Waals surface area contributed by atoms with Gasteiger partial charge in [0.15, 0.2) is 0 Å². The van der Waals surface area contributed by atoms with Gasteiger partial charge in [-0.2, -0.15) is 5.10 Å². The van der Waals surface area contributed by atoms with Crippen LogP contribution in [0.5, 0.6) is 0 Å². The van der Waals surface area contributed by atoms with Crippen LogP contribution in [0.25, 0.3) is 5.69 Å². The highest BCUT2D eigenvalue weighted by Gasteiger charge is 2.36. The minimum Gasteiger partial charge on any atom is -0.268 e. The molecular weight excluding hydrogens is 524 g/mol. The Balaban J connectivity index is 1.27. The quantitative estimate of drug-likeness (QED) is 0.267. The fraction of sp³-hybridized carbons (Fsp3) is 0.0645. The fourth-order valence-electron chi connectivity index (χ4n) is 5.16. The van der Waals surface area contributed by atoms with Gasteiger partial charge in [0.25, 0.3) is 17.8 Å². The summed E-state index contributed by atoms with van der Waals surface area (Å²) in [6.45, 7) is 2.29. The van der Waals surface area contributed by atoms with E-state index in [2.05, 4.69) is 10.2 Å². The third-order valence-corrected chi connectivity index (χ3v) is 7.35. The number of carbonyl (C=O) groups excluding carboxylic acids is 2. The van der Waals surface area contributed by atoms with Crippen LogP contribution in [0.2, 0.25) is 5.02 Å². The van der Waals surface area contributed by atoms with Gasteiger partial charge < -0.3 is 0 Å². The number of halogens is 1. The predicted molar refractivity (Wildman–Crippen MR) is 153 cm³/mol. The van der Waals surface area contributed by atoms with E-state index in [1.54, 1.807) is 36.4 Å². The molecule has 2 amide bonds. The SMILES string of the molecule is Cc1nnc2n1-c1ccccc1C(c1ccc(Cl)cc1)=NN2Cc1ccc(N2C(=O)c3ccccc3C2=O)cc1. The Morgan fingerprint density at radius 3 is 2.02 bits per heavy atom. The molecule has 2 aliphatic heterocycles. The van der Waals surface area contributed by atoms with Crippen molar-refractivity contribution in [2.24, 2.45) is 5.10 Å². The van der Waals surface area contributed by atoms with Crippen LogP contribution in [0, 0.1) is 6.92 Å². The van der Waals surface area contributed by atoms with Gasteiger partial charge in [0.1, 0.15) is 11.5 Å². The Morgan fingerprint density at radius 2 is 1.35 bits per heavy atom. The van der Waals surface area contributed by atoms with Gasteiger partial charge in [0.2, 0.25) is 0 Å². The second-order valence-corrected chi connectivity index (χ2v) is 10.0. The number of aryl methyl sites for hydroxylation is 1. The van der Waals surface area contributed by atoms with E-state index >= 15 is 0 Å². The zero-order valence-corrected chi connectivity index (χ0v) is 22.1. The van der Waals surface area contributed by atoms with Gasteiger partial charge in [-0.15, -0.1) is 10.2 Å². The number of benzene rings is 4. The van der Waals surface area contributed by atoms with Crippen molar-refractivity contribution in [2.75, 3.05) is 9.91 Å². The third-order valence-electron chi connectivity index (χ3n) is 7.10. The van der Waals surface area contributed by atoms with Crippen LogP contribution >= 0.6 is 11.6 Å². The highest BCUT2D eigenvalue weighted by Crippen LogP contribution is 2.32. The molecule has 3 heterocycles. The maximum Gasteiger partial charge on any atom is 0.266 e. The molecule has 0 N–H and O–H groups in total. The van der Waals surface area contributed by atoms with E-state index in [4.69, 9.17) is 16.7 Å². The van der Waals surface area contributed by atoms with Gasteiger partial charge in [-0.1, -0.05) is 66.2 Å². The summed E-state index contributed by atoms with van der Waals surface area (Å²) in [4.78, 5) is 27.1. The molecule has 0 bridgehead atoms. The van der Waals surface area contributed by atoms with Gasteiger partial charge in [0.05, 0.1) is 29.0 Å². The van der Waals surface area contributed by atoms with E-state index in [1.807, 2.05) is 77.2 Å². The first-order chi connectivity index (χ1) is 19.5. The van der Waals surface area contributed by atoms with Crippen LogP contribution in [-0.4, -0.2) is 32.3 Å². The van der Waals surface area contributed by atoms with Crippen LogP contribution in [-0.2, 0) is 6.54 Å². The molecule has 0 aliphatic carbocycles. The van der Waals surface area contributed by atoms with Gasteiger partial charge in [-0.05, 0) is 55.0 Å². The maximum absolute atomic E-state index is 12.9. The Kier molecular flexibility index (Phi) is 5.57. The van der Waals surface area contributed by atoms with Gasteiger partial charge in [-0.3, -0.25) is 14.2 Å². The first-order valence-corrected chi connectivity index (χ1v) is 13.1. The van der Waals surface area contributed by atoms with Crippen molar-refractivity contribution in [2.45, 2.75) is 13.5 Å². The molecule has 0 fully saturated rings. The molecule has 40 heavy (non-hydrogen) atoms. The molecule has 194 valence electrons. The van der Waals surface area contributed by atoms with Crippen LogP contribution < -0.4 is 9.91 Å². The van der Waals surface area contributed by atoms with E-state index in [1.165, 1.54) is 4.90 Å². The van der Waals surface area contributed by atoms with Gasteiger partial charge >= 0.3 is 0 Å². The number of hydrogen-bond donors (Lipinski definition) is 0. The smallest absolute Gasteiger partial charge is 0.266 e. The Hall–Kier alpha value is -5.08. The standard InChI is InChI=1S/C31H21ClN6O2/c1-19-33-34-31-36(35-28(21-12-14-22(32)15-13-21)26-8-4-5-9-27(26)37(19)31)18-20-10-16-23(17-11-20)38-29(39)24-6-2-3-7-25(24)30(38)40/h2-17H,18H2,1H3. The lowest BCUT2D eigenvalue weighted by molar-refractivity contribution is 0.0926. The molecule has 1 aromatic heterocycles. The molecule has 0 radical (unpaired) electrons. The number of nitrogens with zero attached hydrogens (tertiary/aromatic N) is 6. The van der Waals surface area contributed by atoms with Crippen molar-refractivity contribution in [3.63, 3.8) is 0 Å². The molecule has 0 spiro atoms. The Labute approximate surface area is 234 Å². The highest BCUT2D eigenvalue weighted by atomic mass is 35.5. The summed E-state index contributed by atoms with van der Waals surface area (Å²) in [5.74, 6) is 0.679. The number of hydrazone groups is 1. The van der Waals surface area contributed by atoms with E-state index in [9.17, 15) is 9.59 Å². The largest absolute Gasteiger partial charge is 0.268 e. The monoisotopic (exact) mass is 544 g/mol. The number of carbonyl (C=O) groups is 2. The first kappa shape index (κ1) is 24.0. The zero-order valence-electron chi connectivity index (χ0n) is 21.3. The summed E-state index contributed by atoms with van der Waals surface area (Å²) in [7, 11) is 0. The van der Waals surface area contributed by atoms with Crippen molar-refractivity contribution in [1.82, 2.24) is 14.8 Å². The summed E-state index contributed by atoms with van der Waals surface area (Å²) < 4.78 is 1.99. The van der Waals surface area contributed by atoms with Crippen LogP contribution in [0.3, 0.4) is 0 Å². The molecular formula is C31H21ClN6O2. The summed E-state index contributed by atoms with van der Waals surface area (Å²) in [6, 6.07) is 29.8. The number of hydrogen-bond acceptors (Lipinski definition) is 6. The minimum absolute atomic E-state index is 0.320. The van der Waals surface area contributed by atoms with E-state index in [0.717, 1.165) is 33.9 Å². The predicted octanol–water partition coefficient (Wildman–Crippen LogP) is 5.80. The van der Waals surface area contributed by atoms with E-state index in [-0.39, 0.29) is 11.8 Å². The summed E-state index contributed by atoms with van der Waals surface area (Å²) in [5.41, 5.74) is 5.83. The minimum atomic E-state index is -0.320. The average Bonchev–Trinajstić information content (AvgIpc) is 3.44. The number of anilines is 2. The highest BCUT2D eigenvalue weighted by molar-refractivity contribution is 6.34. The lowest BCUT2D eigenvalue weighted by atomic mass is 10.0. The molecule has 8 nitrogen and oxygen atoms in total. The second kappa shape index (κ2) is 9.29. The molecule has 9 heteroatoms. The number of amides is 2. The number of aromatic nitrogens is 3. The van der Waals surface area contributed by atoms with Crippen molar-refractivity contribution < 1.29 is 9.59 Å². The second-order valence-electron chi connectivity index (χ2n) is 9.57. The Morgan fingerprint density at radius 1 is 0.725 bits per heavy atom. The van der Waals surface area contributed by atoms with Crippen molar-refractivity contribution >= 4 is 40.8 Å². The topological polar surface area (TPSA) is 83.7 Å². The van der Waals surface area contributed by atoms with Crippen molar-refractivity contribution in [3.8, 4) is 5.69 Å². The number of para-hydroxylation sites is 1. The average molecular weight is 545 g/mol. The Bertz CT molecular complexity index is 1810. The zero-order chi connectivity index (χ0) is 27.4.